The lowest BCUT2D eigenvalue weighted by atomic mass is 10.1. The number of carbonyl (C=O) groups is 1. The van der Waals surface area contributed by atoms with Crippen molar-refractivity contribution in [1.29, 1.82) is 0 Å². The van der Waals surface area contributed by atoms with Crippen LogP contribution in [-0.2, 0) is 6.42 Å². The van der Waals surface area contributed by atoms with E-state index < -0.39 is 0 Å². The van der Waals surface area contributed by atoms with Gasteiger partial charge in [-0.05, 0) is 30.3 Å². The lowest BCUT2D eigenvalue weighted by Gasteiger charge is -2.11. The van der Waals surface area contributed by atoms with E-state index in [0.29, 0.717) is 17.9 Å². The average molecular weight is 398 g/mol. The zero-order valence-electron chi connectivity index (χ0n) is 15.6. The van der Waals surface area contributed by atoms with Crippen molar-refractivity contribution in [2.75, 3.05) is 6.54 Å². The summed E-state index contributed by atoms with van der Waals surface area (Å²) in [6.07, 6.45) is 2.57. The van der Waals surface area contributed by atoms with E-state index in [2.05, 4.69) is 33.5 Å². The highest BCUT2D eigenvalue weighted by atomic mass is 32.2. The molecule has 0 aliphatic carbocycles. The van der Waals surface area contributed by atoms with Crippen molar-refractivity contribution in [3.8, 4) is 22.8 Å². The molecule has 0 atom stereocenters. The minimum atomic E-state index is -0.0346. The Labute approximate surface area is 172 Å². The Kier molecular flexibility index (Phi) is 4.62. The molecule has 0 saturated carbocycles. The second kappa shape index (κ2) is 7.56. The number of H-pyrrole nitrogens is 1. The molecule has 29 heavy (non-hydrogen) atoms. The van der Waals surface area contributed by atoms with Crippen molar-refractivity contribution < 1.29 is 4.79 Å². The van der Waals surface area contributed by atoms with Crippen LogP contribution in [0.4, 0.5) is 0 Å². The molecule has 5 rings (SSSR count). The number of nitrogens with zero attached hydrogens (tertiary/aromatic N) is 2. The van der Waals surface area contributed by atoms with Gasteiger partial charge in [-0.15, -0.1) is 0 Å². The Bertz CT molecular complexity index is 1190. The maximum Gasteiger partial charge on any atom is 0.253 e. The Morgan fingerprint density at radius 2 is 1.76 bits per heavy atom. The molecular weight excluding hydrogens is 380 g/mol. The highest BCUT2D eigenvalue weighted by molar-refractivity contribution is 7.99. The highest BCUT2D eigenvalue weighted by Gasteiger charge is 2.20. The van der Waals surface area contributed by atoms with Gasteiger partial charge in [-0.3, -0.25) is 4.79 Å². The summed E-state index contributed by atoms with van der Waals surface area (Å²) in [6.45, 7) is 0.658. The summed E-state index contributed by atoms with van der Waals surface area (Å²) in [5.74, 6) is 0.631. The molecule has 142 valence electrons. The first-order chi connectivity index (χ1) is 14.3. The Balaban J connectivity index is 1.52. The van der Waals surface area contributed by atoms with Crippen LogP contribution in [0.3, 0.4) is 0 Å². The monoisotopic (exact) mass is 398 g/mol. The molecule has 2 N–H and O–H groups in total. The molecule has 3 heterocycles. The number of aromatic nitrogens is 3. The number of benzene rings is 2. The van der Waals surface area contributed by atoms with Crippen LogP contribution in [0.2, 0.25) is 0 Å². The van der Waals surface area contributed by atoms with Gasteiger partial charge in [-0.1, -0.05) is 48.2 Å². The summed E-state index contributed by atoms with van der Waals surface area (Å²) >= 11 is 1.69. The van der Waals surface area contributed by atoms with Gasteiger partial charge in [0.15, 0.2) is 5.82 Å². The summed E-state index contributed by atoms with van der Waals surface area (Å²) in [7, 11) is 0. The van der Waals surface area contributed by atoms with Crippen molar-refractivity contribution in [1.82, 2.24) is 20.3 Å². The number of aromatic amines is 1. The number of carbonyl (C=O) groups excluding carboxylic acids is 1. The third-order valence-electron chi connectivity index (χ3n) is 4.84. The van der Waals surface area contributed by atoms with Crippen LogP contribution in [0, 0.1) is 0 Å². The van der Waals surface area contributed by atoms with Crippen LogP contribution in [0.25, 0.3) is 22.8 Å². The molecule has 0 saturated heterocycles. The predicted octanol–water partition coefficient (Wildman–Crippen LogP) is 4.58. The minimum absolute atomic E-state index is 0.0346. The van der Waals surface area contributed by atoms with Gasteiger partial charge in [-0.25, -0.2) is 9.97 Å². The van der Waals surface area contributed by atoms with E-state index in [9.17, 15) is 4.79 Å². The fraction of sp³-hybridized carbons (Fsp3) is 0.0870. The first kappa shape index (κ1) is 17.7. The SMILES string of the molecule is O=C1NCCc2[nH]c(-c3ccnc(-c4ccccc4Sc4ccccc4)n3)cc21. The molecule has 0 unspecified atom stereocenters. The van der Waals surface area contributed by atoms with E-state index >= 15 is 0 Å². The maximum absolute atomic E-state index is 12.1. The molecule has 4 aromatic rings. The molecule has 2 aromatic heterocycles. The number of amides is 1. The van der Waals surface area contributed by atoms with Crippen molar-refractivity contribution in [2.24, 2.45) is 0 Å². The van der Waals surface area contributed by atoms with E-state index in [-0.39, 0.29) is 5.91 Å². The third-order valence-corrected chi connectivity index (χ3v) is 5.92. The third kappa shape index (κ3) is 3.54. The van der Waals surface area contributed by atoms with Gasteiger partial charge in [0.05, 0.1) is 17.0 Å². The number of fused-ring (bicyclic) bond motifs is 1. The highest BCUT2D eigenvalue weighted by Crippen LogP contribution is 2.35. The minimum Gasteiger partial charge on any atom is -0.356 e. The second-order valence-electron chi connectivity index (χ2n) is 6.76. The topological polar surface area (TPSA) is 70.7 Å². The van der Waals surface area contributed by atoms with Crippen LogP contribution in [0.1, 0.15) is 16.1 Å². The second-order valence-corrected chi connectivity index (χ2v) is 7.87. The molecule has 5 nitrogen and oxygen atoms in total. The Morgan fingerprint density at radius 1 is 0.931 bits per heavy atom. The van der Waals surface area contributed by atoms with E-state index in [1.807, 2.05) is 48.5 Å². The molecule has 2 aromatic carbocycles. The van der Waals surface area contributed by atoms with Gasteiger partial charge < -0.3 is 10.3 Å². The first-order valence-electron chi connectivity index (χ1n) is 9.44. The van der Waals surface area contributed by atoms with Crippen LogP contribution in [0.5, 0.6) is 0 Å². The zero-order valence-corrected chi connectivity index (χ0v) is 16.4. The van der Waals surface area contributed by atoms with Crippen LogP contribution >= 0.6 is 11.8 Å². The summed E-state index contributed by atoms with van der Waals surface area (Å²) in [6, 6.07) is 22.1. The molecule has 0 fully saturated rings. The van der Waals surface area contributed by atoms with Gasteiger partial charge in [0.25, 0.3) is 5.91 Å². The van der Waals surface area contributed by atoms with E-state index in [4.69, 9.17) is 4.98 Å². The maximum atomic E-state index is 12.1. The molecular formula is C23H18N4OS. The summed E-state index contributed by atoms with van der Waals surface area (Å²) in [5, 5.41) is 2.88. The van der Waals surface area contributed by atoms with Crippen molar-refractivity contribution >= 4 is 17.7 Å². The van der Waals surface area contributed by atoms with Gasteiger partial charge in [-0.2, -0.15) is 0 Å². The summed E-state index contributed by atoms with van der Waals surface area (Å²) in [4.78, 5) is 27.0. The number of rotatable bonds is 4. The molecule has 0 radical (unpaired) electrons. The largest absolute Gasteiger partial charge is 0.356 e. The smallest absolute Gasteiger partial charge is 0.253 e. The molecule has 1 aliphatic heterocycles. The van der Waals surface area contributed by atoms with Gasteiger partial charge >= 0.3 is 0 Å². The fourth-order valence-electron chi connectivity index (χ4n) is 3.43. The van der Waals surface area contributed by atoms with Gasteiger partial charge in [0.2, 0.25) is 0 Å². The van der Waals surface area contributed by atoms with Crippen molar-refractivity contribution in [3.05, 3.63) is 84.2 Å². The van der Waals surface area contributed by atoms with Crippen LogP contribution in [-0.4, -0.2) is 27.4 Å². The predicted molar refractivity (Wildman–Crippen MR) is 114 cm³/mol. The van der Waals surface area contributed by atoms with Crippen molar-refractivity contribution in [3.63, 3.8) is 0 Å². The van der Waals surface area contributed by atoms with Gasteiger partial charge in [0, 0.05) is 40.2 Å². The number of hydrogen-bond donors (Lipinski definition) is 2. The van der Waals surface area contributed by atoms with E-state index in [1.165, 1.54) is 4.90 Å². The van der Waals surface area contributed by atoms with E-state index in [0.717, 1.165) is 34.0 Å². The normalized spacial score (nSPS) is 13.0. The summed E-state index contributed by atoms with van der Waals surface area (Å²) in [5.41, 5.74) is 4.26. The number of hydrogen-bond acceptors (Lipinski definition) is 4. The van der Waals surface area contributed by atoms with Crippen LogP contribution in [0.15, 0.2) is 82.7 Å². The Morgan fingerprint density at radius 3 is 2.62 bits per heavy atom. The molecule has 1 aliphatic rings. The van der Waals surface area contributed by atoms with Gasteiger partial charge in [0.1, 0.15) is 0 Å². The van der Waals surface area contributed by atoms with E-state index in [1.54, 1.807) is 18.0 Å². The lowest BCUT2D eigenvalue weighted by molar-refractivity contribution is 0.0946. The Hall–Kier alpha value is -3.38. The lowest BCUT2D eigenvalue weighted by Crippen LogP contribution is -2.31. The average Bonchev–Trinajstić information content (AvgIpc) is 3.21. The molecule has 6 heteroatoms. The first-order valence-corrected chi connectivity index (χ1v) is 10.3. The molecule has 0 spiro atoms. The molecule has 1 amide bonds. The fourth-order valence-corrected chi connectivity index (χ4v) is 4.39. The zero-order chi connectivity index (χ0) is 19.6. The van der Waals surface area contributed by atoms with Crippen molar-refractivity contribution in [2.45, 2.75) is 16.2 Å². The van der Waals surface area contributed by atoms with Crippen LogP contribution < -0.4 is 5.32 Å². The molecule has 0 bridgehead atoms. The standard InChI is InChI=1S/C23H18N4OS/c28-23-17-14-20(26-18(17)10-13-25-23)19-11-12-24-22(27-19)16-8-4-5-9-21(16)29-15-6-2-1-3-7-15/h1-9,11-12,14,26H,10,13H2,(H,25,28). The quantitative estimate of drug-likeness (QED) is 0.528. The summed E-state index contributed by atoms with van der Waals surface area (Å²) < 4.78 is 0. The number of nitrogens with one attached hydrogen (secondary N) is 2.